The van der Waals surface area contributed by atoms with Gasteiger partial charge in [-0.05, 0) is 59.2 Å². The number of nitrogens with zero attached hydrogens (tertiary/aromatic N) is 3. The van der Waals surface area contributed by atoms with Crippen LogP contribution in [0.2, 0.25) is 10.0 Å². The summed E-state index contributed by atoms with van der Waals surface area (Å²) in [4.78, 5) is 17.5. The van der Waals surface area contributed by atoms with E-state index in [0.717, 1.165) is 27.6 Å². The van der Waals surface area contributed by atoms with Crippen LogP contribution in [0.25, 0.3) is 22.0 Å². The fourth-order valence-electron chi connectivity index (χ4n) is 4.51. The van der Waals surface area contributed by atoms with Gasteiger partial charge in [-0.3, -0.25) is 9.36 Å². The van der Waals surface area contributed by atoms with E-state index in [1.165, 1.54) is 0 Å². The van der Waals surface area contributed by atoms with E-state index in [4.69, 9.17) is 27.9 Å². The van der Waals surface area contributed by atoms with Gasteiger partial charge in [-0.2, -0.15) is 0 Å². The van der Waals surface area contributed by atoms with Gasteiger partial charge in [-0.15, -0.1) is 0 Å². The fourth-order valence-corrected chi connectivity index (χ4v) is 4.82. The number of rotatable bonds is 4. The largest absolute Gasteiger partial charge is 0.470 e. The van der Waals surface area contributed by atoms with Crippen molar-refractivity contribution >= 4 is 34.1 Å². The first-order valence-electron chi connectivity index (χ1n) is 10.4. The lowest BCUT2D eigenvalue weighted by Gasteiger charge is -2.21. The molecule has 0 bridgehead atoms. The van der Waals surface area contributed by atoms with Crippen LogP contribution in [-0.4, -0.2) is 14.1 Å². The molecule has 1 aliphatic rings. The molecular formula is C26H17Cl2N3O2. The van der Waals surface area contributed by atoms with Crippen molar-refractivity contribution in [1.82, 2.24) is 14.1 Å². The molecule has 0 fully saturated rings. The molecule has 2 aromatic heterocycles. The quantitative estimate of drug-likeness (QED) is 0.314. The number of hydrogen-bond donors (Lipinski definition) is 0. The molecule has 1 aliphatic heterocycles. The third-order valence-electron chi connectivity index (χ3n) is 5.98. The second-order valence-corrected chi connectivity index (χ2v) is 8.87. The number of imidazole rings is 1. The van der Waals surface area contributed by atoms with E-state index >= 15 is 0 Å². The second-order valence-electron chi connectivity index (χ2n) is 8.00. The summed E-state index contributed by atoms with van der Waals surface area (Å²) in [6, 6.07) is 21.0. The van der Waals surface area contributed by atoms with Crippen LogP contribution in [0.5, 0.6) is 5.75 Å². The van der Waals surface area contributed by atoms with Gasteiger partial charge in [-0.1, -0.05) is 47.5 Å². The number of hydrogen-bond acceptors (Lipinski definition) is 3. The molecule has 5 nitrogen and oxygen atoms in total. The minimum atomic E-state index is -0.135. The van der Waals surface area contributed by atoms with Crippen LogP contribution in [0.15, 0.2) is 90.2 Å². The summed E-state index contributed by atoms with van der Waals surface area (Å²) in [7, 11) is 0. The van der Waals surface area contributed by atoms with Crippen LogP contribution in [0, 0.1) is 0 Å². The Balaban J connectivity index is 1.59. The van der Waals surface area contributed by atoms with Crippen molar-refractivity contribution in [3.63, 3.8) is 0 Å². The van der Waals surface area contributed by atoms with Crippen molar-refractivity contribution in [1.29, 1.82) is 0 Å². The first-order chi connectivity index (χ1) is 16.1. The van der Waals surface area contributed by atoms with Crippen molar-refractivity contribution in [3.8, 4) is 16.9 Å². The van der Waals surface area contributed by atoms with E-state index < -0.39 is 0 Å². The average Bonchev–Trinajstić information content (AvgIpc) is 3.49. The van der Waals surface area contributed by atoms with Crippen LogP contribution in [0.1, 0.15) is 17.2 Å². The van der Waals surface area contributed by atoms with E-state index in [2.05, 4.69) is 11.1 Å². The molecule has 0 spiro atoms. The first-order valence-corrected chi connectivity index (χ1v) is 11.2. The highest BCUT2D eigenvalue weighted by Gasteiger charge is 2.24. The molecule has 6 rings (SSSR count). The summed E-state index contributed by atoms with van der Waals surface area (Å²) in [5.41, 5.74) is 4.15. The van der Waals surface area contributed by atoms with Crippen LogP contribution >= 0.6 is 23.2 Å². The van der Waals surface area contributed by atoms with Gasteiger partial charge in [0.05, 0.1) is 17.9 Å². The van der Waals surface area contributed by atoms with Gasteiger partial charge < -0.3 is 9.30 Å². The Morgan fingerprint density at radius 2 is 1.79 bits per heavy atom. The van der Waals surface area contributed by atoms with Crippen molar-refractivity contribution in [3.05, 3.63) is 117 Å². The summed E-state index contributed by atoms with van der Waals surface area (Å²) in [6.45, 7) is 0.180. The standard InChI is InChI=1S/C26H17Cl2N3O2/c27-20-6-4-16(5-7-20)24(30-9-8-29-14-30)19-10-18-12-22(17-2-1-3-21(28)11-17)26(32)31-15-33-23(13-19)25(18)31/h1-14,24H,15H2. The minimum Gasteiger partial charge on any atom is -0.470 e. The molecule has 1 atom stereocenters. The van der Waals surface area contributed by atoms with Crippen LogP contribution in [-0.2, 0) is 6.73 Å². The van der Waals surface area contributed by atoms with E-state index in [-0.39, 0.29) is 18.3 Å². The maximum Gasteiger partial charge on any atom is 0.261 e. The van der Waals surface area contributed by atoms with E-state index in [0.29, 0.717) is 21.4 Å². The molecule has 1 unspecified atom stereocenters. The van der Waals surface area contributed by atoms with Crippen molar-refractivity contribution in [2.45, 2.75) is 12.8 Å². The monoisotopic (exact) mass is 473 g/mol. The Labute approximate surface area is 199 Å². The third kappa shape index (κ3) is 3.41. The molecule has 0 amide bonds. The number of benzene rings is 3. The maximum absolute atomic E-state index is 13.2. The number of ether oxygens (including phenoxy) is 1. The maximum atomic E-state index is 13.2. The third-order valence-corrected chi connectivity index (χ3v) is 6.47. The lowest BCUT2D eigenvalue weighted by Crippen LogP contribution is -2.20. The Morgan fingerprint density at radius 3 is 2.55 bits per heavy atom. The van der Waals surface area contributed by atoms with E-state index in [1.54, 1.807) is 29.2 Å². The summed E-state index contributed by atoms with van der Waals surface area (Å²) >= 11 is 12.3. The molecule has 33 heavy (non-hydrogen) atoms. The van der Waals surface area contributed by atoms with Gasteiger partial charge in [0, 0.05) is 33.4 Å². The van der Waals surface area contributed by atoms with Crippen LogP contribution < -0.4 is 10.3 Å². The predicted molar refractivity (Wildman–Crippen MR) is 130 cm³/mol. The average molecular weight is 474 g/mol. The van der Waals surface area contributed by atoms with Gasteiger partial charge in [0.2, 0.25) is 0 Å². The van der Waals surface area contributed by atoms with Gasteiger partial charge >= 0.3 is 0 Å². The summed E-state index contributed by atoms with van der Waals surface area (Å²) < 4.78 is 9.69. The smallest absolute Gasteiger partial charge is 0.261 e. The molecule has 0 radical (unpaired) electrons. The fraction of sp³-hybridized carbons (Fsp3) is 0.0769. The van der Waals surface area contributed by atoms with Crippen molar-refractivity contribution in [2.75, 3.05) is 0 Å². The van der Waals surface area contributed by atoms with Gasteiger partial charge in [0.25, 0.3) is 5.56 Å². The SMILES string of the molecule is O=c1c(-c2cccc(Cl)c2)cc2cc(C(c3ccc(Cl)cc3)n3ccnc3)cc3c2n1CO3. The molecule has 3 aromatic carbocycles. The number of pyridine rings is 1. The zero-order chi connectivity index (χ0) is 22.5. The van der Waals surface area contributed by atoms with Crippen molar-refractivity contribution < 1.29 is 4.74 Å². The molecule has 0 saturated heterocycles. The number of aromatic nitrogens is 3. The Hall–Kier alpha value is -3.54. The molecule has 0 aliphatic carbocycles. The molecular weight excluding hydrogens is 457 g/mol. The van der Waals surface area contributed by atoms with E-state index in [9.17, 15) is 4.79 Å². The Bertz CT molecular complexity index is 1560. The lowest BCUT2D eigenvalue weighted by atomic mass is 9.95. The summed E-state index contributed by atoms with van der Waals surface area (Å²) in [5, 5.41) is 2.19. The molecule has 162 valence electrons. The highest BCUT2D eigenvalue weighted by atomic mass is 35.5. The second kappa shape index (κ2) is 7.80. The van der Waals surface area contributed by atoms with Gasteiger partial charge in [0.1, 0.15) is 5.75 Å². The number of halogens is 2. The van der Waals surface area contributed by atoms with Crippen molar-refractivity contribution in [2.24, 2.45) is 0 Å². The van der Waals surface area contributed by atoms with Crippen LogP contribution in [0.4, 0.5) is 0 Å². The molecule has 3 heterocycles. The van der Waals surface area contributed by atoms with Crippen LogP contribution in [0.3, 0.4) is 0 Å². The molecule has 5 aromatic rings. The zero-order valence-electron chi connectivity index (χ0n) is 17.3. The first kappa shape index (κ1) is 20.1. The molecule has 0 saturated carbocycles. The predicted octanol–water partition coefficient (Wildman–Crippen LogP) is 6.16. The highest BCUT2D eigenvalue weighted by Crippen LogP contribution is 2.38. The zero-order valence-corrected chi connectivity index (χ0v) is 18.8. The van der Waals surface area contributed by atoms with Gasteiger partial charge in [0.15, 0.2) is 6.73 Å². The van der Waals surface area contributed by atoms with E-state index in [1.807, 2.05) is 59.3 Å². The molecule has 0 N–H and O–H groups in total. The Morgan fingerprint density at radius 1 is 0.939 bits per heavy atom. The topological polar surface area (TPSA) is 49.0 Å². The summed E-state index contributed by atoms with van der Waals surface area (Å²) in [6.07, 6.45) is 5.48. The lowest BCUT2D eigenvalue weighted by molar-refractivity contribution is 0.266. The van der Waals surface area contributed by atoms with Gasteiger partial charge in [-0.25, -0.2) is 4.98 Å². The molecule has 7 heteroatoms. The highest BCUT2D eigenvalue weighted by molar-refractivity contribution is 6.31. The normalized spacial score (nSPS) is 13.3. The minimum absolute atomic E-state index is 0.0971. The Kier molecular flexibility index (Phi) is 4.75. The summed E-state index contributed by atoms with van der Waals surface area (Å²) in [5.74, 6) is 0.691.